The first kappa shape index (κ1) is 19.7. The minimum Gasteiger partial charge on any atom is -0.475 e. The summed E-state index contributed by atoms with van der Waals surface area (Å²) in [5, 5.41) is 10.5. The van der Waals surface area contributed by atoms with Gasteiger partial charge in [0.25, 0.3) is 0 Å². The van der Waals surface area contributed by atoms with Gasteiger partial charge in [-0.05, 0) is 44.2 Å². The van der Waals surface area contributed by atoms with Crippen molar-refractivity contribution in [1.82, 2.24) is 10.2 Å². The van der Waals surface area contributed by atoms with Crippen LogP contribution in [-0.4, -0.2) is 53.7 Å². The third-order valence-electron chi connectivity index (χ3n) is 4.51. The number of amides is 1. The van der Waals surface area contributed by atoms with Crippen LogP contribution in [0.2, 0.25) is 0 Å². The second-order valence-electron chi connectivity index (χ2n) is 6.60. The highest BCUT2D eigenvalue weighted by Crippen LogP contribution is 2.41. The Bertz CT molecular complexity index is 417. The molecule has 134 valence electrons. The van der Waals surface area contributed by atoms with Crippen LogP contribution in [0.5, 0.6) is 0 Å². The van der Waals surface area contributed by atoms with E-state index in [0.717, 1.165) is 32.5 Å². The van der Waals surface area contributed by atoms with E-state index >= 15 is 0 Å². The monoisotopic (exact) mass is 338 g/mol. The zero-order valence-electron chi connectivity index (χ0n) is 13.6. The summed E-state index contributed by atoms with van der Waals surface area (Å²) < 4.78 is 31.7. The van der Waals surface area contributed by atoms with Crippen LogP contribution in [0.4, 0.5) is 13.2 Å². The van der Waals surface area contributed by atoms with Crippen molar-refractivity contribution in [3.05, 3.63) is 0 Å². The second kappa shape index (κ2) is 7.99. The van der Waals surface area contributed by atoms with Gasteiger partial charge in [-0.1, -0.05) is 13.3 Å². The Balaban J connectivity index is 0.000000322. The van der Waals surface area contributed by atoms with Gasteiger partial charge in [0.1, 0.15) is 0 Å². The third-order valence-corrected chi connectivity index (χ3v) is 4.51. The molecule has 2 rings (SSSR count). The summed E-state index contributed by atoms with van der Waals surface area (Å²) >= 11 is 0. The van der Waals surface area contributed by atoms with Crippen LogP contribution in [0.3, 0.4) is 0 Å². The summed E-state index contributed by atoms with van der Waals surface area (Å²) in [6.45, 7) is 7.15. The molecule has 0 aromatic heterocycles. The molecule has 0 bridgehead atoms. The summed E-state index contributed by atoms with van der Waals surface area (Å²) in [5.74, 6) is -2.49. The van der Waals surface area contributed by atoms with Gasteiger partial charge in [-0.25, -0.2) is 4.79 Å². The van der Waals surface area contributed by atoms with E-state index in [9.17, 15) is 18.0 Å². The third kappa shape index (κ3) is 6.37. The normalized spacial score (nSPS) is 20.7. The molecule has 1 amide bonds. The molecule has 0 radical (unpaired) electrons. The highest BCUT2D eigenvalue weighted by Gasteiger charge is 2.38. The van der Waals surface area contributed by atoms with Crippen molar-refractivity contribution in [2.45, 2.75) is 58.2 Å². The first-order chi connectivity index (χ1) is 10.6. The van der Waals surface area contributed by atoms with Crippen molar-refractivity contribution < 1.29 is 27.9 Å². The molecule has 1 saturated heterocycles. The maximum atomic E-state index is 11.8. The quantitative estimate of drug-likeness (QED) is 0.829. The summed E-state index contributed by atoms with van der Waals surface area (Å²) in [6.07, 6.45) is 1.09. The lowest BCUT2D eigenvalue weighted by molar-refractivity contribution is -0.192. The number of carbonyl (C=O) groups is 2. The number of halogens is 3. The lowest BCUT2D eigenvalue weighted by Crippen LogP contribution is -2.50. The number of nitrogens with one attached hydrogen (secondary N) is 1. The van der Waals surface area contributed by atoms with Crippen molar-refractivity contribution in [3.8, 4) is 0 Å². The van der Waals surface area contributed by atoms with E-state index in [1.54, 1.807) is 6.92 Å². The van der Waals surface area contributed by atoms with E-state index in [-0.39, 0.29) is 5.91 Å². The molecule has 5 nitrogen and oxygen atoms in total. The van der Waals surface area contributed by atoms with Crippen molar-refractivity contribution in [2.24, 2.45) is 5.41 Å². The summed E-state index contributed by atoms with van der Waals surface area (Å²) in [6, 6.07) is 0.483. The Morgan fingerprint density at radius 3 is 2.04 bits per heavy atom. The molecule has 0 aromatic rings. The highest BCUT2D eigenvalue weighted by molar-refractivity contribution is 5.73. The molecule has 1 aliphatic carbocycles. The van der Waals surface area contributed by atoms with Crippen LogP contribution >= 0.6 is 0 Å². The van der Waals surface area contributed by atoms with Gasteiger partial charge in [0.05, 0.1) is 0 Å². The van der Waals surface area contributed by atoms with Crippen LogP contribution in [0.15, 0.2) is 0 Å². The predicted molar refractivity (Wildman–Crippen MR) is 78.9 cm³/mol. The van der Waals surface area contributed by atoms with Gasteiger partial charge in [0, 0.05) is 19.5 Å². The number of alkyl halides is 3. The number of carbonyl (C=O) groups excluding carboxylic acids is 1. The Morgan fingerprint density at radius 2 is 1.74 bits per heavy atom. The predicted octanol–water partition coefficient (Wildman–Crippen LogP) is 2.41. The number of aliphatic carboxylic acids is 1. The van der Waals surface area contributed by atoms with Gasteiger partial charge >= 0.3 is 12.1 Å². The van der Waals surface area contributed by atoms with Crippen molar-refractivity contribution in [3.63, 3.8) is 0 Å². The molecule has 2 N–H and O–H groups in total. The molecule has 1 saturated carbocycles. The number of hydrogen-bond donors (Lipinski definition) is 2. The smallest absolute Gasteiger partial charge is 0.475 e. The number of piperidine rings is 1. The SMILES string of the molecule is CC(=O)N(CC1(C)CCC1)C1CCNCC1.O=C(O)C(F)(F)F. The number of rotatable bonds is 3. The summed E-state index contributed by atoms with van der Waals surface area (Å²) in [5.41, 5.74) is 0.413. The molecule has 0 aromatic carbocycles. The molecule has 2 fully saturated rings. The van der Waals surface area contributed by atoms with Crippen LogP contribution in [0, 0.1) is 5.41 Å². The van der Waals surface area contributed by atoms with Gasteiger partial charge < -0.3 is 15.3 Å². The molecule has 23 heavy (non-hydrogen) atoms. The molecule has 1 aliphatic heterocycles. The maximum absolute atomic E-state index is 11.8. The lowest BCUT2D eigenvalue weighted by Gasteiger charge is -2.45. The first-order valence-electron chi connectivity index (χ1n) is 7.83. The molecule has 0 atom stereocenters. The molecular formula is C15H25F3N2O3. The average Bonchev–Trinajstić information content (AvgIpc) is 2.43. The molecule has 0 unspecified atom stereocenters. The maximum Gasteiger partial charge on any atom is 0.490 e. The minimum atomic E-state index is -5.08. The topological polar surface area (TPSA) is 69.6 Å². The fourth-order valence-electron chi connectivity index (χ4n) is 2.97. The zero-order chi connectivity index (χ0) is 17.7. The Labute approximate surface area is 134 Å². The van der Waals surface area contributed by atoms with Crippen molar-refractivity contribution >= 4 is 11.9 Å². The van der Waals surface area contributed by atoms with Gasteiger partial charge in [0.2, 0.25) is 5.91 Å². The second-order valence-corrected chi connectivity index (χ2v) is 6.60. The first-order valence-corrected chi connectivity index (χ1v) is 7.83. The van der Waals surface area contributed by atoms with E-state index in [0.29, 0.717) is 11.5 Å². The Morgan fingerprint density at radius 1 is 1.26 bits per heavy atom. The molecule has 1 heterocycles. The number of carboxylic acid groups (broad SMARTS) is 1. The van der Waals surface area contributed by atoms with E-state index in [1.165, 1.54) is 19.3 Å². The lowest BCUT2D eigenvalue weighted by atomic mass is 9.70. The zero-order valence-corrected chi connectivity index (χ0v) is 13.6. The summed E-state index contributed by atoms with van der Waals surface area (Å²) in [7, 11) is 0. The highest BCUT2D eigenvalue weighted by atomic mass is 19.4. The standard InChI is InChI=1S/C13H24N2O.C2HF3O2/c1-11(16)15(10-13(2)6-3-7-13)12-4-8-14-9-5-12;3-2(4,5)1(6)7/h12,14H,3-10H2,1-2H3;(H,6,7). The number of hydrogen-bond acceptors (Lipinski definition) is 3. The van der Waals surface area contributed by atoms with Crippen molar-refractivity contribution in [2.75, 3.05) is 19.6 Å². The molecule has 2 aliphatic rings. The fraction of sp³-hybridized carbons (Fsp3) is 0.867. The fourth-order valence-corrected chi connectivity index (χ4v) is 2.97. The number of nitrogens with zero attached hydrogens (tertiary/aromatic N) is 1. The van der Waals surface area contributed by atoms with Crippen LogP contribution < -0.4 is 5.32 Å². The molecule has 0 spiro atoms. The van der Waals surface area contributed by atoms with Gasteiger partial charge in [-0.3, -0.25) is 4.79 Å². The number of carboxylic acids is 1. The Kier molecular flexibility index (Phi) is 6.85. The van der Waals surface area contributed by atoms with E-state index in [2.05, 4.69) is 17.1 Å². The van der Waals surface area contributed by atoms with Crippen LogP contribution in [0.25, 0.3) is 0 Å². The van der Waals surface area contributed by atoms with Gasteiger partial charge in [-0.15, -0.1) is 0 Å². The van der Waals surface area contributed by atoms with E-state index < -0.39 is 12.1 Å². The Hall–Kier alpha value is -1.31. The minimum absolute atomic E-state index is 0.264. The van der Waals surface area contributed by atoms with Crippen LogP contribution in [0.1, 0.15) is 46.0 Å². The van der Waals surface area contributed by atoms with E-state index in [4.69, 9.17) is 9.90 Å². The molecule has 8 heteroatoms. The average molecular weight is 338 g/mol. The molecular weight excluding hydrogens is 313 g/mol. The van der Waals surface area contributed by atoms with E-state index in [1.807, 2.05) is 0 Å². The van der Waals surface area contributed by atoms with Gasteiger partial charge in [0.15, 0.2) is 0 Å². The largest absolute Gasteiger partial charge is 0.490 e. The van der Waals surface area contributed by atoms with Gasteiger partial charge in [-0.2, -0.15) is 13.2 Å². The van der Waals surface area contributed by atoms with Crippen LogP contribution in [-0.2, 0) is 9.59 Å². The van der Waals surface area contributed by atoms with Crippen molar-refractivity contribution in [1.29, 1.82) is 0 Å². The summed E-state index contributed by atoms with van der Waals surface area (Å²) in [4.78, 5) is 22.8.